The van der Waals surface area contributed by atoms with Crippen LogP contribution in [0.4, 0.5) is 0 Å². The van der Waals surface area contributed by atoms with Gasteiger partial charge in [0.15, 0.2) is 0 Å². The summed E-state index contributed by atoms with van der Waals surface area (Å²) >= 11 is 1.82. The Morgan fingerprint density at radius 1 is 1.64 bits per heavy atom. The van der Waals surface area contributed by atoms with Gasteiger partial charge in [-0.25, -0.2) is 0 Å². The molecule has 0 aromatic carbocycles. The van der Waals surface area contributed by atoms with Gasteiger partial charge in [0.2, 0.25) is 0 Å². The molecule has 0 aromatic rings. The highest BCUT2D eigenvalue weighted by Crippen LogP contribution is 2.34. The monoisotopic (exact) mass is 213 g/mol. The van der Waals surface area contributed by atoms with Gasteiger partial charge in [-0.15, -0.1) is 11.8 Å². The molecule has 3 nitrogen and oxygen atoms in total. The first-order valence-corrected chi connectivity index (χ1v) is 6.45. The molecule has 0 saturated heterocycles. The summed E-state index contributed by atoms with van der Waals surface area (Å²) in [6.45, 7) is 3.35. The zero-order valence-electron chi connectivity index (χ0n) is 8.70. The number of thioether (sulfide) groups is 1. The normalized spacial score (nSPS) is 36.7. The van der Waals surface area contributed by atoms with Crippen LogP contribution in [-0.2, 0) is 0 Å². The Morgan fingerprint density at radius 2 is 2.50 bits per heavy atom. The number of aliphatic imine (C=N–C) groups is 1. The van der Waals surface area contributed by atoms with E-state index in [0.29, 0.717) is 11.3 Å². The van der Waals surface area contributed by atoms with Gasteiger partial charge in [-0.3, -0.25) is 4.99 Å². The molecule has 2 rings (SSSR count). The van der Waals surface area contributed by atoms with Gasteiger partial charge >= 0.3 is 0 Å². The number of fused-ring (bicyclic) bond motifs is 1. The zero-order valence-corrected chi connectivity index (χ0v) is 9.52. The van der Waals surface area contributed by atoms with E-state index in [1.165, 1.54) is 25.0 Å². The van der Waals surface area contributed by atoms with Gasteiger partial charge in [0, 0.05) is 17.0 Å². The first-order chi connectivity index (χ1) is 6.79. The van der Waals surface area contributed by atoms with Gasteiger partial charge in [-0.1, -0.05) is 6.92 Å². The Morgan fingerprint density at radius 3 is 3.29 bits per heavy atom. The smallest absolute Gasteiger partial charge is 0.145 e. The molecule has 1 heterocycles. The average molecular weight is 213 g/mol. The van der Waals surface area contributed by atoms with E-state index in [1.54, 1.807) is 0 Å². The van der Waals surface area contributed by atoms with Crippen LogP contribution in [0, 0.1) is 0 Å². The van der Waals surface area contributed by atoms with E-state index in [1.807, 2.05) is 11.8 Å². The van der Waals surface area contributed by atoms with Crippen molar-refractivity contribution in [3.8, 4) is 0 Å². The van der Waals surface area contributed by atoms with Gasteiger partial charge in [-0.05, 0) is 32.2 Å². The van der Waals surface area contributed by atoms with Crippen LogP contribution in [0.3, 0.4) is 0 Å². The molecular weight excluding hydrogens is 194 g/mol. The Labute approximate surface area is 89.9 Å². The van der Waals surface area contributed by atoms with E-state index in [9.17, 15) is 0 Å². The highest BCUT2D eigenvalue weighted by Gasteiger charge is 2.32. The fraction of sp³-hybridized carbons (Fsp3) is 0.900. The molecule has 2 aliphatic rings. The Kier molecular flexibility index (Phi) is 3.47. The lowest BCUT2D eigenvalue weighted by Crippen LogP contribution is -2.38. The fourth-order valence-electron chi connectivity index (χ4n) is 2.17. The van der Waals surface area contributed by atoms with Crippen LogP contribution in [-0.4, -0.2) is 29.0 Å². The maximum atomic E-state index is 5.80. The van der Waals surface area contributed by atoms with Crippen LogP contribution >= 0.6 is 11.8 Å². The molecule has 4 heteroatoms. The second-order valence-corrected chi connectivity index (χ2v) is 5.39. The summed E-state index contributed by atoms with van der Waals surface area (Å²) < 4.78 is 0. The quantitative estimate of drug-likeness (QED) is 0.744. The van der Waals surface area contributed by atoms with Crippen molar-refractivity contribution in [3.63, 3.8) is 0 Å². The summed E-state index contributed by atoms with van der Waals surface area (Å²) in [6.07, 6.45) is 4.82. The molecule has 3 unspecified atom stereocenters. The molecule has 3 N–H and O–H groups in total. The molecule has 14 heavy (non-hydrogen) atoms. The molecule has 3 atom stereocenters. The second-order valence-electron chi connectivity index (χ2n) is 4.06. The molecule has 1 aliphatic heterocycles. The van der Waals surface area contributed by atoms with Crippen molar-refractivity contribution >= 4 is 17.5 Å². The number of nitrogens with one attached hydrogen (secondary N) is 1. The van der Waals surface area contributed by atoms with Crippen LogP contribution in [0.25, 0.3) is 0 Å². The van der Waals surface area contributed by atoms with E-state index in [0.717, 1.165) is 13.0 Å². The van der Waals surface area contributed by atoms with Crippen molar-refractivity contribution in [2.45, 2.75) is 49.4 Å². The van der Waals surface area contributed by atoms with Crippen molar-refractivity contribution in [3.05, 3.63) is 0 Å². The lowest BCUT2D eigenvalue weighted by molar-refractivity contribution is 0.451. The van der Waals surface area contributed by atoms with Crippen molar-refractivity contribution in [2.75, 3.05) is 6.54 Å². The molecule has 0 radical (unpaired) electrons. The van der Waals surface area contributed by atoms with E-state index in [2.05, 4.69) is 17.2 Å². The molecule has 0 amide bonds. The van der Waals surface area contributed by atoms with Gasteiger partial charge in [0.05, 0.1) is 0 Å². The minimum atomic E-state index is 0.0138. The summed E-state index contributed by atoms with van der Waals surface area (Å²) in [4.78, 5) is 4.45. The summed E-state index contributed by atoms with van der Waals surface area (Å²) in [5, 5.41) is 4.19. The molecule has 1 aliphatic carbocycles. The third-order valence-electron chi connectivity index (χ3n) is 2.90. The standard InChI is InChI=1S/C10H19N3S/c1-2-5-12-7-3-4-8-9(6-7)14-10(11)13-8/h7,9-10,12H,2-6,11H2,1H3. The lowest BCUT2D eigenvalue weighted by Gasteiger charge is -2.27. The number of hydrogen-bond donors (Lipinski definition) is 2. The molecule has 0 bridgehead atoms. The first-order valence-electron chi connectivity index (χ1n) is 5.50. The number of rotatable bonds is 3. The van der Waals surface area contributed by atoms with E-state index >= 15 is 0 Å². The van der Waals surface area contributed by atoms with E-state index in [-0.39, 0.29) is 5.50 Å². The molecule has 0 aromatic heterocycles. The number of nitrogens with zero attached hydrogens (tertiary/aromatic N) is 1. The van der Waals surface area contributed by atoms with Crippen LogP contribution in [0.2, 0.25) is 0 Å². The molecule has 1 saturated carbocycles. The summed E-state index contributed by atoms with van der Waals surface area (Å²) in [5.74, 6) is 0. The number of nitrogens with two attached hydrogens (primary N) is 1. The Hall–Kier alpha value is -0.0600. The molecular formula is C10H19N3S. The largest absolute Gasteiger partial charge is 0.314 e. The Balaban J connectivity index is 1.84. The van der Waals surface area contributed by atoms with Crippen molar-refractivity contribution < 1.29 is 0 Å². The highest BCUT2D eigenvalue weighted by atomic mass is 32.2. The van der Waals surface area contributed by atoms with Gasteiger partial charge < -0.3 is 11.1 Å². The van der Waals surface area contributed by atoms with Gasteiger partial charge in [0.1, 0.15) is 5.50 Å². The highest BCUT2D eigenvalue weighted by molar-refractivity contribution is 8.01. The lowest BCUT2D eigenvalue weighted by atomic mass is 9.93. The van der Waals surface area contributed by atoms with E-state index in [4.69, 9.17) is 5.73 Å². The minimum absolute atomic E-state index is 0.0138. The Bertz CT molecular complexity index is 229. The number of hydrogen-bond acceptors (Lipinski definition) is 4. The molecule has 0 spiro atoms. The predicted molar refractivity (Wildman–Crippen MR) is 62.7 cm³/mol. The van der Waals surface area contributed by atoms with Crippen molar-refractivity contribution in [2.24, 2.45) is 10.7 Å². The predicted octanol–water partition coefficient (Wildman–Crippen LogP) is 1.34. The summed E-state index contributed by atoms with van der Waals surface area (Å²) in [5.41, 5.74) is 7.17. The second kappa shape index (κ2) is 4.64. The van der Waals surface area contributed by atoms with Gasteiger partial charge in [-0.2, -0.15) is 0 Å². The molecule has 1 fully saturated rings. The summed E-state index contributed by atoms with van der Waals surface area (Å²) in [7, 11) is 0. The van der Waals surface area contributed by atoms with Gasteiger partial charge in [0.25, 0.3) is 0 Å². The third-order valence-corrected chi connectivity index (χ3v) is 4.08. The van der Waals surface area contributed by atoms with Crippen LogP contribution in [0.5, 0.6) is 0 Å². The maximum absolute atomic E-state index is 5.80. The maximum Gasteiger partial charge on any atom is 0.145 e. The first kappa shape index (κ1) is 10.5. The SMILES string of the molecule is CCCNC1CCC2=NC(N)SC2C1. The third kappa shape index (κ3) is 2.30. The summed E-state index contributed by atoms with van der Waals surface area (Å²) in [6, 6.07) is 0.691. The average Bonchev–Trinajstić information content (AvgIpc) is 2.54. The zero-order chi connectivity index (χ0) is 9.97. The van der Waals surface area contributed by atoms with E-state index < -0.39 is 0 Å². The molecule has 80 valence electrons. The van der Waals surface area contributed by atoms with Crippen molar-refractivity contribution in [1.29, 1.82) is 0 Å². The van der Waals surface area contributed by atoms with Crippen LogP contribution in [0.15, 0.2) is 4.99 Å². The topological polar surface area (TPSA) is 50.4 Å². The van der Waals surface area contributed by atoms with Crippen LogP contribution < -0.4 is 11.1 Å². The fourth-order valence-corrected chi connectivity index (χ4v) is 3.39. The van der Waals surface area contributed by atoms with Crippen molar-refractivity contribution in [1.82, 2.24) is 5.32 Å². The minimum Gasteiger partial charge on any atom is -0.314 e. The van der Waals surface area contributed by atoms with Crippen LogP contribution in [0.1, 0.15) is 32.6 Å².